The molecule has 0 aliphatic carbocycles. The summed E-state index contributed by atoms with van der Waals surface area (Å²) >= 11 is 0. The zero-order valence-corrected chi connectivity index (χ0v) is 13.5. The van der Waals surface area contributed by atoms with Crippen molar-refractivity contribution in [3.05, 3.63) is 29.3 Å². The van der Waals surface area contributed by atoms with Crippen LogP contribution in [0.15, 0.2) is 18.2 Å². The highest BCUT2D eigenvalue weighted by atomic mass is 16.5. The van der Waals surface area contributed by atoms with Crippen LogP contribution in [0.1, 0.15) is 24.0 Å². The zero-order valence-electron chi connectivity index (χ0n) is 13.5. The number of ether oxygens (including phenoxy) is 1. The fourth-order valence-electron chi connectivity index (χ4n) is 3.65. The van der Waals surface area contributed by atoms with Crippen molar-refractivity contribution in [2.24, 2.45) is 5.73 Å². The number of methoxy groups -OCH3 is 1. The number of carbonyl (C=O) groups excluding carboxylic acids is 2. The van der Waals surface area contributed by atoms with Gasteiger partial charge in [0.2, 0.25) is 5.91 Å². The Morgan fingerprint density at radius 1 is 1.22 bits per heavy atom. The summed E-state index contributed by atoms with van der Waals surface area (Å²) in [5.41, 5.74) is 7.81. The molecule has 0 saturated carbocycles. The Balaban J connectivity index is 1.74. The van der Waals surface area contributed by atoms with Gasteiger partial charge in [-0.25, -0.2) is 4.79 Å². The summed E-state index contributed by atoms with van der Waals surface area (Å²) < 4.78 is 5.44. The molecule has 3 amide bonds. The molecule has 1 aromatic carbocycles. The Morgan fingerprint density at radius 3 is 2.74 bits per heavy atom. The van der Waals surface area contributed by atoms with Crippen LogP contribution in [0.25, 0.3) is 0 Å². The summed E-state index contributed by atoms with van der Waals surface area (Å²) in [6, 6.07) is 5.15. The molecule has 0 bridgehead atoms. The van der Waals surface area contributed by atoms with Crippen molar-refractivity contribution in [3.63, 3.8) is 0 Å². The maximum absolute atomic E-state index is 12.8. The van der Waals surface area contributed by atoms with Gasteiger partial charge in [0.1, 0.15) is 11.8 Å². The number of nitrogens with two attached hydrogens (primary N) is 1. The standard InChI is InChI=1S/C17H23N3O3/c1-23-15-6-2-4-12-7-10-19(11-8-13(12)15)16(21)14-5-3-9-20(14)17(18)22/h2,4,6,14H,3,5,7-11H2,1H3,(H2,18,22)/t14-/m0/s1. The van der Waals surface area contributed by atoms with Crippen molar-refractivity contribution < 1.29 is 14.3 Å². The van der Waals surface area contributed by atoms with E-state index in [1.165, 1.54) is 16.0 Å². The number of amides is 3. The van der Waals surface area contributed by atoms with Gasteiger partial charge in [-0.15, -0.1) is 0 Å². The van der Waals surface area contributed by atoms with E-state index >= 15 is 0 Å². The molecule has 2 aliphatic rings. The Morgan fingerprint density at radius 2 is 2.00 bits per heavy atom. The minimum Gasteiger partial charge on any atom is -0.496 e. The Hall–Kier alpha value is -2.24. The number of urea groups is 1. The highest BCUT2D eigenvalue weighted by Gasteiger charge is 2.36. The number of hydrogen-bond donors (Lipinski definition) is 1. The lowest BCUT2D eigenvalue weighted by Gasteiger charge is -2.28. The number of fused-ring (bicyclic) bond motifs is 1. The highest BCUT2D eigenvalue weighted by molar-refractivity contribution is 5.87. The second-order valence-corrected chi connectivity index (χ2v) is 6.11. The molecule has 0 aromatic heterocycles. The Bertz CT molecular complexity index is 617. The molecule has 1 atom stereocenters. The molecule has 2 aliphatic heterocycles. The average Bonchev–Trinajstić information content (AvgIpc) is 2.94. The largest absolute Gasteiger partial charge is 0.496 e. The summed E-state index contributed by atoms with van der Waals surface area (Å²) in [6.07, 6.45) is 3.12. The molecule has 124 valence electrons. The Labute approximate surface area is 136 Å². The summed E-state index contributed by atoms with van der Waals surface area (Å²) in [5.74, 6) is 0.907. The van der Waals surface area contributed by atoms with Gasteiger partial charge < -0.3 is 20.3 Å². The monoisotopic (exact) mass is 317 g/mol. The van der Waals surface area contributed by atoms with E-state index in [4.69, 9.17) is 10.5 Å². The lowest BCUT2D eigenvalue weighted by Crippen LogP contribution is -2.50. The van der Waals surface area contributed by atoms with Gasteiger partial charge in [-0.05, 0) is 42.9 Å². The molecule has 1 saturated heterocycles. The SMILES string of the molecule is COc1cccc2c1CCN(C(=O)[C@@H]1CCCN1C(N)=O)CC2. The lowest BCUT2D eigenvalue weighted by atomic mass is 10.0. The van der Waals surface area contributed by atoms with E-state index in [0.29, 0.717) is 26.1 Å². The van der Waals surface area contributed by atoms with Crippen molar-refractivity contribution in [2.45, 2.75) is 31.7 Å². The van der Waals surface area contributed by atoms with Gasteiger partial charge in [0.25, 0.3) is 0 Å². The summed E-state index contributed by atoms with van der Waals surface area (Å²) in [5, 5.41) is 0. The van der Waals surface area contributed by atoms with Crippen molar-refractivity contribution >= 4 is 11.9 Å². The summed E-state index contributed by atoms with van der Waals surface area (Å²) in [7, 11) is 1.67. The molecule has 2 heterocycles. The van der Waals surface area contributed by atoms with E-state index in [9.17, 15) is 9.59 Å². The van der Waals surface area contributed by atoms with E-state index in [1.807, 2.05) is 17.0 Å². The number of primary amides is 1. The molecule has 6 heteroatoms. The van der Waals surface area contributed by atoms with E-state index in [1.54, 1.807) is 7.11 Å². The number of likely N-dealkylation sites (tertiary alicyclic amines) is 1. The highest BCUT2D eigenvalue weighted by Crippen LogP contribution is 2.27. The minimum atomic E-state index is -0.499. The second-order valence-electron chi connectivity index (χ2n) is 6.11. The van der Waals surface area contributed by atoms with Crippen LogP contribution in [0.2, 0.25) is 0 Å². The van der Waals surface area contributed by atoms with Crippen LogP contribution in [0.3, 0.4) is 0 Å². The number of carbonyl (C=O) groups is 2. The maximum atomic E-state index is 12.8. The molecule has 0 spiro atoms. The fourth-order valence-corrected chi connectivity index (χ4v) is 3.65. The third-order valence-electron chi connectivity index (χ3n) is 4.87. The predicted octanol–water partition coefficient (Wildman–Crippen LogP) is 1.17. The van der Waals surface area contributed by atoms with Crippen LogP contribution in [-0.2, 0) is 17.6 Å². The van der Waals surface area contributed by atoms with Crippen LogP contribution in [0.4, 0.5) is 4.79 Å². The van der Waals surface area contributed by atoms with Gasteiger partial charge in [-0.3, -0.25) is 4.79 Å². The van der Waals surface area contributed by atoms with Crippen LogP contribution in [0.5, 0.6) is 5.75 Å². The van der Waals surface area contributed by atoms with Gasteiger partial charge >= 0.3 is 6.03 Å². The van der Waals surface area contributed by atoms with Crippen LogP contribution in [-0.4, -0.2) is 54.5 Å². The first kappa shape index (κ1) is 15.6. The van der Waals surface area contributed by atoms with E-state index < -0.39 is 12.1 Å². The van der Waals surface area contributed by atoms with E-state index in [2.05, 4.69) is 6.07 Å². The van der Waals surface area contributed by atoms with Gasteiger partial charge in [0.15, 0.2) is 0 Å². The van der Waals surface area contributed by atoms with Gasteiger partial charge in [-0.2, -0.15) is 0 Å². The zero-order chi connectivity index (χ0) is 16.4. The molecule has 0 unspecified atom stereocenters. The Kier molecular flexibility index (Phi) is 4.41. The van der Waals surface area contributed by atoms with E-state index in [0.717, 1.165) is 25.0 Å². The van der Waals surface area contributed by atoms with Crippen LogP contribution >= 0.6 is 0 Å². The average molecular weight is 317 g/mol. The van der Waals surface area contributed by atoms with Crippen molar-refractivity contribution in [1.29, 1.82) is 0 Å². The minimum absolute atomic E-state index is 0.0214. The fraction of sp³-hybridized carbons (Fsp3) is 0.529. The second kappa shape index (κ2) is 6.48. The molecule has 23 heavy (non-hydrogen) atoms. The van der Waals surface area contributed by atoms with E-state index in [-0.39, 0.29) is 5.91 Å². The first-order valence-electron chi connectivity index (χ1n) is 8.11. The number of hydrogen-bond acceptors (Lipinski definition) is 3. The first-order chi connectivity index (χ1) is 11.1. The number of nitrogens with zero attached hydrogens (tertiary/aromatic N) is 2. The van der Waals surface area contributed by atoms with Gasteiger partial charge in [0, 0.05) is 19.6 Å². The molecule has 3 rings (SSSR count). The molecule has 1 fully saturated rings. The lowest BCUT2D eigenvalue weighted by molar-refractivity contribution is -0.135. The first-order valence-corrected chi connectivity index (χ1v) is 8.11. The van der Waals surface area contributed by atoms with Gasteiger partial charge in [-0.1, -0.05) is 12.1 Å². The third kappa shape index (κ3) is 2.98. The van der Waals surface area contributed by atoms with Crippen molar-refractivity contribution in [2.75, 3.05) is 26.7 Å². The normalized spacial score (nSPS) is 20.8. The molecule has 2 N–H and O–H groups in total. The van der Waals surface area contributed by atoms with Crippen molar-refractivity contribution in [1.82, 2.24) is 9.80 Å². The van der Waals surface area contributed by atoms with Crippen LogP contribution in [0, 0.1) is 0 Å². The van der Waals surface area contributed by atoms with Crippen molar-refractivity contribution in [3.8, 4) is 5.75 Å². The molecule has 6 nitrogen and oxygen atoms in total. The number of benzene rings is 1. The topological polar surface area (TPSA) is 75.9 Å². The summed E-state index contributed by atoms with van der Waals surface area (Å²) in [6.45, 7) is 1.89. The summed E-state index contributed by atoms with van der Waals surface area (Å²) in [4.78, 5) is 27.7. The van der Waals surface area contributed by atoms with Gasteiger partial charge in [0.05, 0.1) is 7.11 Å². The quantitative estimate of drug-likeness (QED) is 0.889. The number of rotatable bonds is 2. The smallest absolute Gasteiger partial charge is 0.315 e. The maximum Gasteiger partial charge on any atom is 0.315 e. The third-order valence-corrected chi connectivity index (χ3v) is 4.87. The molecular weight excluding hydrogens is 294 g/mol. The van der Waals surface area contributed by atoms with Crippen LogP contribution < -0.4 is 10.5 Å². The molecule has 1 aromatic rings. The predicted molar refractivity (Wildman–Crippen MR) is 86.3 cm³/mol. The molecular formula is C17H23N3O3. The molecule has 0 radical (unpaired) electrons.